The zero-order valence-electron chi connectivity index (χ0n) is 10.9. The average molecular weight is 272 g/mol. The predicted molar refractivity (Wildman–Crippen MR) is 71.8 cm³/mol. The lowest BCUT2D eigenvalue weighted by atomic mass is 9.98. The minimum atomic E-state index is -0.352. The Labute approximate surface area is 115 Å². The number of hydrogen-bond donors (Lipinski definition) is 0. The Balaban J connectivity index is 1.98. The molecule has 1 fully saturated rings. The maximum Gasteiger partial charge on any atom is 0.309 e. The SMILES string of the molecule is COC(=O)[C@@H]1C[C@H]1C(=O)c1ccc(F)c2ccccc12. The van der Waals surface area contributed by atoms with Crippen LogP contribution in [0.25, 0.3) is 10.8 Å². The maximum atomic E-state index is 13.7. The summed E-state index contributed by atoms with van der Waals surface area (Å²) in [5.74, 6) is -1.50. The Bertz CT molecular complexity index is 708. The van der Waals surface area contributed by atoms with Crippen LogP contribution in [0.15, 0.2) is 36.4 Å². The van der Waals surface area contributed by atoms with E-state index in [1.54, 1.807) is 24.3 Å². The lowest BCUT2D eigenvalue weighted by molar-refractivity contribution is -0.142. The summed E-state index contributed by atoms with van der Waals surface area (Å²) in [6.07, 6.45) is 0.511. The molecule has 2 aromatic carbocycles. The molecule has 1 aliphatic carbocycles. The summed E-state index contributed by atoms with van der Waals surface area (Å²) in [4.78, 5) is 23.8. The summed E-state index contributed by atoms with van der Waals surface area (Å²) in [6.45, 7) is 0. The number of esters is 1. The van der Waals surface area contributed by atoms with Crippen LogP contribution in [0.5, 0.6) is 0 Å². The van der Waals surface area contributed by atoms with E-state index < -0.39 is 0 Å². The molecule has 0 amide bonds. The zero-order chi connectivity index (χ0) is 14.3. The van der Waals surface area contributed by atoms with Gasteiger partial charge >= 0.3 is 5.97 Å². The van der Waals surface area contributed by atoms with Gasteiger partial charge in [0.2, 0.25) is 0 Å². The van der Waals surface area contributed by atoms with Gasteiger partial charge < -0.3 is 4.74 Å². The van der Waals surface area contributed by atoms with Crippen LogP contribution >= 0.6 is 0 Å². The second kappa shape index (κ2) is 4.71. The fraction of sp³-hybridized carbons (Fsp3) is 0.250. The molecule has 0 heterocycles. The second-order valence-corrected chi connectivity index (χ2v) is 4.98. The molecule has 0 radical (unpaired) electrons. The lowest BCUT2D eigenvalue weighted by Gasteiger charge is -2.06. The van der Waals surface area contributed by atoms with Gasteiger partial charge in [-0.25, -0.2) is 4.39 Å². The second-order valence-electron chi connectivity index (χ2n) is 4.98. The minimum absolute atomic E-state index is 0.114. The standard InChI is InChI=1S/C16H13FO3/c1-20-16(19)13-8-12(13)15(18)11-6-7-14(17)10-5-3-2-4-9(10)11/h2-7,12-13H,8H2,1H3/t12-,13-/m1/s1. The summed E-state index contributed by atoms with van der Waals surface area (Å²) in [5, 5.41) is 1.02. The molecule has 3 rings (SSSR count). The Morgan fingerprint density at radius 1 is 1.10 bits per heavy atom. The molecule has 0 aliphatic heterocycles. The molecule has 1 saturated carbocycles. The van der Waals surface area contributed by atoms with E-state index in [-0.39, 0.29) is 29.4 Å². The number of Topliss-reactive ketones (excluding diaryl/α,β-unsaturated/α-hetero) is 1. The van der Waals surface area contributed by atoms with E-state index in [4.69, 9.17) is 0 Å². The number of ketones is 1. The monoisotopic (exact) mass is 272 g/mol. The van der Waals surface area contributed by atoms with Crippen molar-refractivity contribution in [1.29, 1.82) is 0 Å². The minimum Gasteiger partial charge on any atom is -0.469 e. The predicted octanol–water partition coefficient (Wildman–Crippen LogP) is 2.97. The van der Waals surface area contributed by atoms with Gasteiger partial charge in [0.25, 0.3) is 0 Å². The van der Waals surface area contributed by atoms with Gasteiger partial charge in [-0.15, -0.1) is 0 Å². The molecule has 2 atom stereocenters. The molecule has 0 aromatic heterocycles. The fourth-order valence-electron chi connectivity index (χ4n) is 2.57. The van der Waals surface area contributed by atoms with Gasteiger partial charge in [0.15, 0.2) is 5.78 Å². The Kier molecular flexibility index (Phi) is 3.01. The first-order chi connectivity index (χ1) is 9.63. The van der Waals surface area contributed by atoms with Crippen molar-refractivity contribution in [3.8, 4) is 0 Å². The van der Waals surface area contributed by atoms with E-state index in [1.165, 1.54) is 19.2 Å². The van der Waals surface area contributed by atoms with Gasteiger partial charge in [-0.1, -0.05) is 24.3 Å². The van der Waals surface area contributed by atoms with E-state index in [2.05, 4.69) is 4.74 Å². The third-order valence-corrected chi connectivity index (χ3v) is 3.77. The molecular formula is C16H13FO3. The number of rotatable bonds is 3. The molecule has 0 spiro atoms. The number of halogens is 1. The highest BCUT2D eigenvalue weighted by Crippen LogP contribution is 2.42. The van der Waals surface area contributed by atoms with Crippen LogP contribution in [-0.2, 0) is 9.53 Å². The van der Waals surface area contributed by atoms with Crippen molar-refractivity contribution in [2.45, 2.75) is 6.42 Å². The summed E-state index contributed by atoms with van der Waals surface area (Å²) < 4.78 is 18.4. The maximum absolute atomic E-state index is 13.7. The van der Waals surface area contributed by atoms with Gasteiger partial charge in [0.1, 0.15) is 5.82 Å². The number of carbonyl (C=O) groups is 2. The van der Waals surface area contributed by atoms with E-state index in [0.717, 1.165) is 0 Å². The number of methoxy groups -OCH3 is 1. The van der Waals surface area contributed by atoms with Crippen molar-refractivity contribution in [3.63, 3.8) is 0 Å². The summed E-state index contributed by atoms with van der Waals surface area (Å²) >= 11 is 0. The van der Waals surface area contributed by atoms with Crippen molar-refractivity contribution in [1.82, 2.24) is 0 Å². The first kappa shape index (κ1) is 12.8. The van der Waals surface area contributed by atoms with Crippen molar-refractivity contribution >= 4 is 22.5 Å². The van der Waals surface area contributed by atoms with E-state index in [1.807, 2.05) is 0 Å². The van der Waals surface area contributed by atoms with Crippen molar-refractivity contribution in [2.24, 2.45) is 11.8 Å². The molecule has 0 bridgehead atoms. The summed E-state index contributed by atoms with van der Waals surface area (Å²) in [5.41, 5.74) is 0.471. The quantitative estimate of drug-likeness (QED) is 0.637. The largest absolute Gasteiger partial charge is 0.469 e. The highest BCUT2D eigenvalue weighted by atomic mass is 19.1. The zero-order valence-corrected chi connectivity index (χ0v) is 10.9. The first-order valence-corrected chi connectivity index (χ1v) is 6.42. The third-order valence-electron chi connectivity index (χ3n) is 3.77. The fourth-order valence-corrected chi connectivity index (χ4v) is 2.57. The van der Waals surface area contributed by atoms with Crippen LogP contribution in [0.1, 0.15) is 16.8 Å². The van der Waals surface area contributed by atoms with Gasteiger partial charge in [-0.3, -0.25) is 9.59 Å². The van der Waals surface area contributed by atoms with E-state index >= 15 is 0 Å². The molecule has 4 heteroatoms. The summed E-state index contributed by atoms with van der Waals surface area (Å²) in [6, 6.07) is 9.66. The smallest absolute Gasteiger partial charge is 0.309 e. The average Bonchev–Trinajstić information content (AvgIpc) is 3.27. The van der Waals surface area contributed by atoms with Crippen molar-refractivity contribution in [3.05, 3.63) is 47.8 Å². The normalized spacial score (nSPS) is 20.7. The van der Waals surface area contributed by atoms with Crippen LogP contribution < -0.4 is 0 Å². The van der Waals surface area contributed by atoms with Gasteiger partial charge in [-0.2, -0.15) is 0 Å². The third kappa shape index (κ3) is 1.97. The van der Waals surface area contributed by atoms with Crippen LogP contribution in [0, 0.1) is 17.7 Å². The summed E-state index contributed by atoms with van der Waals surface area (Å²) in [7, 11) is 1.31. The first-order valence-electron chi connectivity index (χ1n) is 6.42. The molecule has 2 aromatic rings. The Morgan fingerprint density at radius 3 is 2.50 bits per heavy atom. The van der Waals surface area contributed by atoms with Crippen LogP contribution in [-0.4, -0.2) is 18.9 Å². The Hall–Kier alpha value is -2.23. The highest BCUT2D eigenvalue weighted by molar-refractivity contribution is 6.11. The number of ether oxygens (including phenoxy) is 1. The van der Waals surface area contributed by atoms with Crippen LogP contribution in [0.4, 0.5) is 4.39 Å². The van der Waals surface area contributed by atoms with E-state index in [0.29, 0.717) is 22.8 Å². The van der Waals surface area contributed by atoms with Crippen molar-refractivity contribution in [2.75, 3.05) is 7.11 Å². The number of carbonyl (C=O) groups excluding carboxylic acids is 2. The van der Waals surface area contributed by atoms with E-state index in [9.17, 15) is 14.0 Å². The Morgan fingerprint density at radius 2 is 1.80 bits per heavy atom. The lowest BCUT2D eigenvalue weighted by Crippen LogP contribution is -2.10. The molecule has 1 aliphatic rings. The molecule has 20 heavy (non-hydrogen) atoms. The number of hydrogen-bond acceptors (Lipinski definition) is 3. The number of benzene rings is 2. The van der Waals surface area contributed by atoms with Crippen molar-refractivity contribution < 1.29 is 18.7 Å². The molecule has 3 nitrogen and oxygen atoms in total. The molecule has 0 N–H and O–H groups in total. The molecule has 0 unspecified atom stereocenters. The number of fused-ring (bicyclic) bond motifs is 1. The van der Waals surface area contributed by atoms with Crippen LogP contribution in [0.3, 0.4) is 0 Å². The van der Waals surface area contributed by atoms with Crippen LogP contribution in [0.2, 0.25) is 0 Å². The molecular weight excluding hydrogens is 259 g/mol. The van der Waals surface area contributed by atoms with Gasteiger partial charge in [0.05, 0.1) is 13.0 Å². The highest BCUT2D eigenvalue weighted by Gasteiger charge is 2.49. The molecule has 0 saturated heterocycles. The molecule has 102 valence electrons. The van der Waals surface area contributed by atoms with Gasteiger partial charge in [0, 0.05) is 16.9 Å². The van der Waals surface area contributed by atoms with Gasteiger partial charge in [-0.05, 0) is 23.9 Å². The topological polar surface area (TPSA) is 43.4 Å².